The van der Waals surface area contributed by atoms with Crippen LogP contribution in [0.15, 0.2) is 90.3 Å². The molecule has 196 valence electrons. The Labute approximate surface area is 226 Å². The number of urea groups is 1. The van der Waals surface area contributed by atoms with Gasteiger partial charge in [0.25, 0.3) is 5.91 Å². The number of aromatic nitrogens is 1. The fourth-order valence-corrected chi connectivity index (χ4v) is 4.63. The number of hydrogen-bond acceptors (Lipinski definition) is 6. The van der Waals surface area contributed by atoms with Gasteiger partial charge in [0.15, 0.2) is 0 Å². The van der Waals surface area contributed by atoms with E-state index >= 15 is 0 Å². The van der Waals surface area contributed by atoms with Gasteiger partial charge in [-0.05, 0) is 35.4 Å². The lowest BCUT2D eigenvalue weighted by atomic mass is 9.98. The van der Waals surface area contributed by atoms with E-state index in [-0.39, 0.29) is 24.5 Å². The van der Waals surface area contributed by atoms with Crippen LogP contribution in [0.3, 0.4) is 0 Å². The number of hydrogen-bond donors (Lipinski definition) is 2. The van der Waals surface area contributed by atoms with Crippen molar-refractivity contribution in [3.05, 3.63) is 112 Å². The van der Waals surface area contributed by atoms with E-state index in [1.54, 1.807) is 48.8 Å². The first-order valence-electron chi connectivity index (χ1n) is 12.1. The van der Waals surface area contributed by atoms with Crippen molar-refractivity contribution < 1.29 is 19.1 Å². The molecule has 0 saturated heterocycles. The first-order valence-corrected chi connectivity index (χ1v) is 13.0. The second-order valence-corrected chi connectivity index (χ2v) is 9.37. The van der Waals surface area contributed by atoms with Gasteiger partial charge < -0.3 is 25.0 Å². The van der Waals surface area contributed by atoms with Crippen molar-refractivity contribution in [2.24, 2.45) is 0 Å². The first kappa shape index (κ1) is 26.8. The van der Waals surface area contributed by atoms with Crippen molar-refractivity contribution in [1.29, 1.82) is 0 Å². The van der Waals surface area contributed by atoms with Crippen molar-refractivity contribution >= 4 is 29.0 Å². The summed E-state index contributed by atoms with van der Waals surface area (Å²) in [5.41, 5.74) is 2.90. The number of benzene rings is 3. The Kier molecular flexibility index (Phi) is 9.44. The third-order valence-electron chi connectivity index (χ3n) is 5.85. The van der Waals surface area contributed by atoms with E-state index in [1.165, 1.54) is 11.3 Å². The molecule has 0 spiro atoms. The first-order chi connectivity index (χ1) is 18.6. The predicted octanol–water partition coefficient (Wildman–Crippen LogP) is 5.35. The SMILES string of the molecule is COCCN(Cc1nc(C(=O)NC(c2ccccc2)c2ccccc2)cs1)C(=O)Nc1ccc(OC)cc1. The Balaban J connectivity index is 1.45. The van der Waals surface area contributed by atoms with E-state index in [2.05, 4.69) is 15.6 Å². The Morgan fingerprint density at radius 1 is 0.921 bits per heavy atom. The van der Waals surface area contributed by atoms with E-state index in [9.17, 15) is 9.59 Å². The summed E-state index contributed by atoms with van der Waals surface area (Å²) in [7, 11) is 3.17. The molecule has 4 rings (SSSR count). The number of nitrogens with zero attached hydrogens (tertiary/aromatic N) is 2. The molecule has 0 atom stereocenters. The summed E-state index contributed by atoms with van der Waals surface area (Å²) in [6.45, 7) is 0.971. The molecule has 0 aliphatic heterocycles. The Bertz CT molecular complexity index is 1270. The van der Waals surface area contributed by atoms with Gasteiger partial charge in [-0.2, -0.15) is 0 Å². The van der Waals surface area contributed by atoms with E-state index in [0.717, 1.165) is 11.1 Å². The van der Waals surface area contributed by atoms with Gasteiger partial charge in [0, 0.05) is 24.7 Å². The summed E-state index contributed by atoms with van der Waals surface area (Å²) in [6, 6.07) is 26.1. The number of thiazole rings is 1. The molecule has 0 bridgehead atoms. The van der Waals surface area contributed by atoms with E-state index in [0.29, 0.717) is 35.3 Å². The van der Waals surface area contributed by atoms with Crippen LogP contribution in [0.25, 0.3) is 0 Å². The standard InChI is InChI=1S/C29H30N4O4S/c1-36-18-17-33(29(35)30-23-13-15-24(37-2)16-14-23)19-26-31-25(20-38-26)28(34)32-27(21-9-5-3-6-10-21)22-11-7-4-8-12-22/h3-16,20,27H,17-19H2,1-2H3,(H,30,35)(H,32,34). The highest BCUT2D eigenvalue weighted by molar-refractivity contribution is 7.09. The van der Waals surface area contributed by atoms with Crippen LogP contribution < -0.4 is 15.4 Å². The predicted molar refractivity (Wildman–Crippen MR) is 149 cm³/mol. The molecular weight excluding hydrogens is 500 g/mol. The molecule has 1 heterocycles. The number of methoxy groups -OCH3 is 2. The van der Waals surface area contributed by atoms with Crippen molar-refractivity contribution in [3.8, 4) is 5.75 Å². The van der Waals surface area contributed by atoms with Gasteiger partial charge in [-0.25, -0.2) is 9.78 Å². The lowest BCUT2D eigenvalue weighted by Gasteiger charge is -2.22. The minimum Gasteiger partial charge on any atom is -0.497 e. The van der Waals surface area contributed by atoms with E-state index < -0.39 is 0 Å². The molecule has 4 aromatic rings. The molecule has 38 heavy (non-hydrogen) atoms. The monoisotopic (exact) mass is 530 g/mol. The Morgan fingerprint density at radius 3 is 2.13 bits per heavy atom. The van der Waals surface area contributed by atoms with E-state index in [4.69, 9.17) is 9.47 Å². The number of nitrogens with one attached hydrogen (secondary N) is 2. The molecule has 3 amide bonds. The fourth-order valence-electron chi connectivity index (χ4n) is 3.84. The maximum Gasteiger partial charge on any atom is 0.322 e. The zero-order valence-corrected chi connectivity index (χ0v) is 22.1. The normalized spacial score (nSPS) is 10.7. The van der Waals surface area contributed by atoms with Gasteiger partial charge in [0.05, 0.1) is 26.3 Å². The van der Waals surface area contributed by atoms with Gasteiger partial charge in [-0.1, -0.05) is 60.7 Å². The van der Waals surface area contributed by atoms with Crippen LogP contribution >= 0.6 is 11.3 Å². The van der Waals surface area contributed by atoms with Crippen molar-refractivity contribution in [2.75, 3.05) is 32.7 Å². The highest BCUT2D eigenvalue weighted by Crippen LogP contribution is 2.23. The van der Waals surface area contributed by atoms with Crippen LogP contribution in [0, 0.1) is 0 Å². The average Bonchev–Trinajstić information content (AvgIpc) is 3.44. The van der Waals surface area contributed by atoms with Crippen LogP contribution in [0.2, 0.25) is 0 Å². The van der Waals surface area contributed by atoms with Crippen molar-refractivity contribution in [3.63, 3.8) is 0 Å². The third kappa shape index (κ3) is 7.18. The molecule has 3 aromatic carbocycles. The summed E-state index contributed by atoms with van der Waals surface area (Å²) < 4.78 is 10.4. The Hall–Kier alpha value is -4.21. The van der Waals surface area contributed by atoms with Crippen molar-refractivity contribution in [2.45, 2.75) is 12.6 Å². The smallest absolute Gasteiger partial charge is 0.322 e. The number of carbonyl (C=O) groups is 2. The third-order valence-corrected chi connectivity index (χ3v) is 6.68. The number of carbonyl (C=O) groups excluding carboxylic acids is 2. The van der Waals surface area contributed by atoms with Gasteiger partial charge in [-0.3, -0.25) is 4.79 Å². The van der Waals surface area contributed by atoms with Crippen LogP contribution in [-0.2, 0) is 11.3 Å². The molecule has 2 N–H and O–H groups in total. The lowest BCUT2D eigenvalue weighted by molar-refractivity contribution is 0.0938. The molecule has 0 unspecified atom stereocenters. The average molecular weight is 531 g/mol. The second-order valence-electron chi connectivity index (χ2n) is 8.43. The molecule has 0 saturated carbocycles. The summed E-state index contributed by atoms with van der Waals surface area (Å²) in [4.78, 5) is 32.4. The zero-order chi connectivity index (χ0) is 26.7. The van der Waals surface area contributed by atoms with Crippen LogP contribution in [-0.4, -0.2) is 49.2 Å². The minimum atomic E-state index is -0.316. The van der Waals surface area contributed by atoms with Crippen molar-refractivity contribution in [1.82, 2.24) is 15.2 Å². The van der Waals surface area contributed by atoms with Crippen LogP contribution in [0.1, 0.15) is 32.7 Å². The number of amides is 3. The summed E-state index contributed by atoms with van der Waals surface area (Å²) >= 11 is 1.34. The molecule has 0 fully saturated rings. The largest absolute Gasteiger partial charge is 0.497 e. The topological polar surface area (TPSA) is 92.8 Å². The highest BCUT2D eigenvalue weighted by Gasteiger charge is 2.21. The molecular formula is C29H30N4O4S. The number of ether oxygens (including phenoxy) is 2. The van der Waals surface area contributed by atoms with Gasteiger partial charge in [-0.15, -0.1) is 11.3 Å². The maximum atomic E-state index is 13.2. The molecule has 0 radical (unpaired) electrons. The van der Waals surface area contributed by atoms with Crippen LogP contribution in [0.5, 0.6) is 5.75 Å². The molecule has 9 heteroatoms. The second kappa shape index (κ2) is 13.4. The summed E-state index contributed by atoms with van der Waals surface area (Å²) in [6.07, 6.45) is 0. The van der Waals surface area contributed by atoms with Crippen LogP contribution in [0.4, 0.5) is 10.5 Å². The minimum absolute atomic E-state index is 0.240. The molecule has 8 nitrogen and oxygen atoms in total. The number of rotatable bonds is 11. The van der Waals surface area contributed by atoms with Gasteiger partial charge in [0.2, 0.25) is 0 Å². The molecule has 0 aliphatic carbocycles. The highest BCUT2D eigenvalue weighted by atomic mass is 32.1. The van der Waals surface area contributed by atoms with E-state index in [1.807, 2.05) is 60.7 Å². The summed E-state index contributed by atoms with van der Waals surface area (Å²) in [5, 5.41) is 8.36. The van der Waals surface area contributed by atoms with Gasteiger partial charge in [0.1, 0.15) is 16.5 Å². The number of anilines is 1. The molecule has 1 aromatic heterocycles. The quantitative estimate of drug-likeness (QED) is 0.273. The molecule has 0 aliphatic rings. The maximum absolute atomic E-state index is 13.2. The lowest BCUT2D eigenvalue weighted by Crippen LogP contribution is -2.37. The Morgan fingerprint density at radius 2 is 1.55 bits per heavy atom. The zero-order valence-electron chi connectivity index (χ0n) is 21.3. The summed E-state index contributed by atoms with van der Waals surface area (Å²) in [5.74, 6) is 0.422. The van der Waals surface area contributed by atoms with Gasteiger partial charge >= 0.3 is 6.03 Å². The fraction of sp³-hybridized carbons (Fsp3) is 0.207.